The molecule has 3 aromatic rings. The quantitative estimate of drug-likeness (QED) is 0.507. The first kappa shape index (κ1) is 24.4. The van der Waals surface area contributed by atoms with Crippen LogP contribution in [0.4, 0.5) is 5.69 Å². The molecule has 1 amide bonds. The largest absolute Gasteiger partial charge is 0.383 e. The Kier molecular flexibility index (Phi) is 7.86. The Hall–Kier alpha value is -3.20. The number of hydrogen-bond donors (Lipinski definition) is 1. The molecule has 1 N–H and O–H groups in total. The van der Waals surface area contributed by atoms with E-state index in [9.17, 15) is 14.4 Å². The van der Waals surface area contributed by atoms with E-state index in [4.69, 9.17) is 4.74 Å². The number of nitrogens with zero attached hydrogens (tertiary/aromatic N) is 4. The van der Waals surface area contributed by atoms with Crippen LogP contribution in [0.15, 0.2) is 33.9 Å². The highest BCUT2D eigenvalue weighted by Crippen LogP contribution is 2.20. The van der Waals surface area contributed by atoms with Gasteiger partial charge in [-0.05, 0) is 43.4 Å². The fraction of sp³-hybridized carbons (Fsp3) is 0.500. The zero-order chi connectivity index (χ0) is 24.1. The number of rotatable bonds is 10. The van der Waals surface area contributed by atoms with Crippen LogP contribution in [0.2, 0.25) is 0 Å². The summed E-state index contributed by atoms with van der Waals surface area (Å²) in [5.41, 5.74) is 1.41. The van der Waals surface area contributed by atoms with Gasteiger partial charge in [0.05, 0.1) is 6.61 Å². The summed E-state index contributed by atoms with van der Waals surface area (Å²) < 4.78 is 9.37. The van der Waals surface area contributed by atoms with Gasteiger partial charge >= 0.3 is 5.69 Å². The van der Waals surface area contributed by atoms with Crippen LogP contribution < -0.4 is 16.6 Å². The summed E-state index contributed by atoms with van der Waals surface area (Å²) in [7, 11) is 1.58. The molecule has 0 saturated carbocycles. The summed E-state index contributed by atoms with van der Waals surface area (Å²) in [6.07, 6.45) is 1.72. The van der Waals surface area contributed by atoms with E-state index in [1.54, 1.807) is 18.6 Å². The minimum atomic E-state index is -0.534. The van der Waals surface area contributed by atoms with E-state index in [2.05, 4.69) is 24.1 Å². The predicted octanol–water partition coefficient (Wildman–Crippen LogP) is 2.88. The van der Waals surface area contributed by atoms with Gasteiger partial charge in [-0.1, -0.05) is 32.9 Å². The molecule has 9 nitrogen and oxygen atoms in total. The predicted molar refractivity (Wildman–Crippen MR) is 129 cm³/mol. The average Bonchev–Trinajstić information content (AvgIpc) is 3.13. The van der Waals surface area contributed by atoms with Crippen LogP contribution in [0.1, 0.15) is 50.9 Å². The molecule has 2 heterocycles. The van der Waals surface area contributed by atoms with Gasteiger partial charge in [0.1, 0.15) is 12.4 Å². The number of anilines is 1. The van der Waals surface area contributed by atoms with Crippen molar-refractivity contribution in [3.63, 3.8) is 0 Å². The van der Waals surface area contributed by atoms with Gasteiger partial charge in [0, 0.05) is 25.9 Å². The third-order valence-electron chi connectivity index (χ3n) is 5.95. The van der Waals surface area contributed by atoms with Crippen molar-refractivity contribution in [2.45, 2.75) is 66.1 Å². The highest BCUT2D eigenvalue weighted by molar-refractivity contribution is 5.90. The van der Waals surface area contributed by atoms with Crippen LogP contribution in [-0.2, 0) is 29.2 Å². The van der Waals surface area contributed by atoms with Crippen molar-refractivity contribution in [1.29, 1.82) is 0 Å². The molecule has 0 radical (unpaired) electrons. The number of carbonyl (C=O) groups excluding carboxylic acids is 1. The average molecular weight is 456 g/mol. The van der Waals surface area contributed by atoms with E-state index in [0.29, 0.717) is 54.7 Å². The maximum Gasteiger partial charge on any atom is 0.333 e. The number of aromatic nitrogens is 4. The smallest absolute Gasteiger partial charge is 0.333 e. The number of imidazole rings is 1. The van der Waals surface area contributed by atoms with Crippen molar-refractivity contribution in [2.75, 3.05) is 19.0 Å². The topological polar surface area (TPSA) is 100 Å². The second-order valence-electron chi connectivity index (χ2n) is 8.28. The first-order valence-corrected chi connectivity index (χ1v) is 11.4. The fourth-order valence-corrected chi connectivity index (χ4v) is 3.89. The van der Waals surface area contributed by atoms with Crippen molar-refractivity contribution in [1.82, 2.24) is 18.7 Å². The Bertz CT molecular complexity index is 1240. The van der Waals surface area contributed by atoms with Crippen molar-refractivity contribution in [2.24, 2.45) is 0 Å². The maximum atomic E-state index is 13.3. The van der Waals surface area contributed by atoms with Gasteiger partial charge in [-0.2, -0.15) is 0 Å². The number of fused-ring (bicyclic) bond motifs is 1. The third-order valence-corrected chi connectivity index (χ3v) is 5.95. The molecule has 0 unspecified atom stereocenters. The van der Waals surface area contributed by atoms with Crippen LogP contribution >= 0.6 is 0 Å². The molecule has 3 rings (SSSR count). The highest BCUT2D eigenvalue weighted by atomic mass is 16.5. The number of benzene rings is 1. The van der Waals surface area contributed by atoms with E-state index >= 15 is 0 Å². The highest BCUT2D eigenvalue weighted by Gasteiger charge is 2.21. The van der Waals surface area contributed by atoms with Crippen LogP contribution in [-0.4, -0.2) is 38.3 Å². The second-order valence-corrected chi connectivity index (χ2v) is 8.28. The molecule has 9 heteroatoms. The molecule has 1 aromatic carbocycles. The number of aryl methyl sites for hydroxylation is 2. The normalized spacial score (nSPS) is 12.3. The second kappa shape index (κ2) is 10.6. The van der Waals surface area contributed by atoms with Gasteiger partial charge in [0.15, 0.2) is 11.2 Å². The molecule has 0 fully saturated rings. The SMILES string of the molecule is CCCn1c(=O)n(CC(=O)Nc2ccc([C@@H](C)CC)cc2)c(=O)c2c1nc(C)n2CCOC. The number of carbonyl (C=O) groups is 1. The van der Waals surface area contributed by atoms with E-state index in [0.717, 1.165) is 11.0 Å². The third kappa shape index (κ3) is 5.08. The number of methoxy groups -OCH3 is 1. The number of hydrogen-bond acceptors (Lipinski definition) is 5. The molecule has 0 aliphatic heterocycles. The molecule has 33 heavy (non-hydrogen) atoms. The van der Waals surface area contributed by atoms with Crippen molar-refractivity contribution in [3.05, 3.63) is 56.5 Å². The molecule has 0 aliphatic carbocycles. The van der Waals surface area contributed by atoms with Crippen LogP contribution in [0.5, 0.6) is 0 Å². The Morgan fingerprint density at radius 1 is 1.09 bits per heavy atom. The summed E-state index contributed by atoms with van der Waals surface area (Å²) in [4.78, 5) is 43.7. The standard InChI is InChI=1S/C24H33N5O4/c1-6-12-28-22-21(27(13-14-33-5)17(4)25-22)23(31)29(24(28)32)15-20(30)26-19-10-8-18(9-11-19)16(3)7-2/h8-11,16H,6-7,12-15H2,1-5H3,(H,26,30)/t16-/m0/s1. The van der Waals surface area contributed by atoms with Crippen LogP contribution in [0, 0.1) is 6.92 Å². The molecule has 0 saturated heterocycles. The monoisotopic (exact) mass is 455 g/mol. The summed E-state index contributed by atoms with van der Waals surface area (Å²) >= 11 is 0. The Morgan fingerprint density at radius 3 is 2.39 bits per heavy atom. The van der Waals surface area contributed by atoms with Crippen molar-refractivity contribution < 1.29 is 9.53 Å². The van der Waals surface area contributed by atoms with E-state index in [-0.39, 0.29) is 6.54 Å². The Balaban J connectivity index is 1.97. The lowest BCUT2D eigenvalue weighted by Crippen LogP contribution is -2.43. The molecular weight excluding hydrogens is 422 g/mol. The molecule has 0 aliphatic rings. The van der Waals surface area contributed by atoms with E-state index in [1.165, 1.54) is 10.1 Å². The van der Waals surface area contributed by atoms with E-state index in [1.807, 2.05) is 31.2 Å². The first-order valence-electron chi connectivity index (χ1n) is 11.4. The number of ether oxygens (including phenoxy) is 1. The molecule has 0 spiro atoms. The van der Waals surface area contributed by atoms with Gasteiger partial charge in [0.2, 0.25) is 5.91 Å². The van der Waals surface area contributed by atoms with Crippen LogP contribution in [0.25, 0.3) is 11.2 Å². The number of amides is 1. The van der Waals surface area contributed by atoms with Gasteiger partial charge in [-0.15, -0.1) is 0 Å². The van der Waals surface area contributed by atoms with Gasteiger partial charge in [-0.25, -0.2) is 14.3 Å². The summed E-state index contributed by atoms with van der Waals surface area (Å²) in [6.45, 7) is 8.85. The van der Waals surface area contributed by atoms with Gasteiger partial charge < -0.3 is 14.6 Å². The van der Waals surface area contributed by atoms with Crippen molar-refractivity contribution >= 4 is 22.8 Å². The molecule has 2 aromatic heterocycles. The van der Waals surface area contributed by atoms with Gasteiger partial charge in [0.25, 0.3) is 5.56 Å². The Morgan fingerprint density at radius 2 is 1.79 bits per heavy atom. The molecule has 1 atom stereocenters. The first-order chi connectivity index (χ1) is 15.8. The van der Waals surface area contributed by atoms with Crippen molar-refractivity contribution in [3.8, 4) is 0 Å². The minimum Gasteiger partial charge on any atom is -0.383 e. The Labute approximate surface area is 193 Å². The zero-order valence-electron chi connectivity index (χ0n) is 20.1. The summed E-state index contributed by atoms with van der Waals surface area (Å²) in [6, 6.07) is 7.63. The maximum absolute atomic E-state index is 13.3. The summed E-state index contributed by atoms with van der Waals surface area (Å²) in [5.74, 6) is 0.614. The van der Waals surface area contributed by atoms with Crippen LogP contribution in [0.3, 0.4) is 0 Å². The molecule has 0 bridgehead atoms. The fourth-order valence-electron chi connectivity index (χ4n) is 3.89. The van der Waals surface area contributed by atoms with E-state index < -0.39 is 17.2 Å². The minimum absolute atomic E-state index is 0.309. The van der Waals surface area contributed by atoms with Gasteiger partial charge in [-0.3, -0.25) is 14.2 Å². The lowest BCUT2D eigenvalue weighted by atomic mass is 9.99. The molecular formula is C24H33N5O4. The molecule has 178 valence electrons. The zero-order valence-corrected chi connectivity index (χ0v) is 20.1. The number of nitrogens with one attached hydrogen (secondary N) is 1. The lowest BCUT2D eigenvalue weighted by molar-refractivity contribution is -0.116. The lowest BCUT2D eigenvalue weighted by Gasteiger charge is -2.13. The summed E-state index contributed by atoms with van der Waals surface area (Å²) in [5, 5.41) is 2.79.